The third-order valence-corrected chi connectivity index (χ3v) is 4.65. The summed E-state index contributed by atoms with van der Waals surface area (Å²) in [5.74, 6) is 2.12. The van der Waals surface area contributed by atoms with Gasteiger partial charge in [-0.2, -0.15) is 0 Å². The highest BCUT2D eigenvalue weighted by atomic mass is 15.2. The largest absolute Gasteiger partial charge is 0.353 e. The monoisotopic (exact) mass is 259 g/mol. The molecule has 2 atom stereocenters. The number of hydrogen-bond donors (Lipinski definition) is 1. The molecule has 2 unspecified atom stereocenters. The van der Waals surface area contributed by atoms with Gasteiger partial charge in [-0.05, 0) is 43.9 Å². The maximum Gasteiger partial charge on any atom is 0.129 e. The van der Waals surface area contributed by atoms with Gasteiger partial charge >= 0.3 is 0 Å². The molecule has 3 rings (SSSR count). The molecule has 1 N–H and O–H groups in total. The van der Waals surface area contributed by atoms with Gasteiger partial charge in [0, 0.05) is 19.1 Å². The molecule has 1 aliphatic carbocycles. The Morgan fingerprint density at radius 2 is 2.16 bits per heavy atom. The van der Waals surface area contributed by atoms with Gasteiger partial charge in [0.1, 0.15) is 5.82 Å². The number of nitrogens with zero attached hydrogens (tertiary/aromatic N) is 2. The van der Waals surface area contributed by atoms with Crippen molar-refractivity contribution in [3.63, 3.8) is 0 Å². The lowest BCUT2D eigenvalue weighted by Crippen LogP contribution is -2.35. The Morgan fingerprint density at radius 3 is 3.05 bits per heavy atom. The fraction of sp³-hybridized carbons (Fsp3) is 0.688. The highest BCUT2D eigenvalue weighted by Crippen LogP contribution is 2.38. The first kappa shape index (κ1) is 12.9. The van der Waals surface area contributed by atoms with Crippen LogP contribution in [0.25, 0.3) is 0 Å². The van der Waals surface area contributed by atoms with Crippen LogP contribution >= 0.6 is 0 Å². The molecule has 0 amide bonds. The minimum Gasteiger partial charge on any atom is -0.353 e. The molecule has 1 aliphatic heterocycles. The van der Waals surface area contributed by atoms with Crippen LogP contribution < -0.4 is 10.2 Å². The summed E-state index contributed by atoms with van der Waals surface area (Å²) in [5, 5.41) is 3.36. The van der Waals surface area contributed by atoms with E-state index in [1.165, 1.54) is 50.2 Å². The molecular weight excluding hydrogens is 234 g/mol. The molecule has 1 aromatic rings. The summed E-state index contributed by atoms with van der Waals surface area (Å²) in [6.07, 6.45) is 6.99. The van der Waals surface area contributed by atoms with Crippen molar-refractivity contribution < 1.29 is 0 Å². The lowest BCUT2D eigenvalue weighted by molar-refractivity contribution is 0.341. The Morgan fingerprint density at radius 1 is 1.26 bits per heavy atom. The van der Waals surface area contributed by atoms with Crippen LogP contribution in [0, 0.1) is 5.92 Å². The first-order chi connectivity index (χ1) is 9.38. The maximum atomic E-state index is 4.85. The second kappa shape index (κ2) is 5.91. The number of hydrogen-bond acceptors (Lipinski definition) is 3. The van der Waals surface area contributed by atoms with Gasteiger partial charge in [0.25, 0.3) is 0 Å². The van der Waals surface area contributed by atoms with Crippen LogP contribution in [0.2, 0.25) is 0 Å². The molecule has 2 heterocycles. The molecule has 19 heavy (non-hydrogen) atoms. The Balaban J connectivity index is 1.74. The molecular formula is C16H25N3. The van der Waals surface area contributed by atoms with E-state index in [0.29, 0.717) is 0 Å². The van der Waals surface area contributed by atoms with E-state index >= 15 is 0 Å². The van der Waals surface area contributed by atoms with Crippen molar-refractivity contribution in [2.75, 3.05) is 18.0 Å². The molecule has 2 fully saturated rings. The average Bonchev–Trinajstić information content (AvgIpc) is 2.89. The van der Waals surface area contributed by atoms with Gasteiger partial charge in [-0.3, -0.25) is 0 Å². The highest BCUT2D eigenvalue weighted by Gasteiger charge is 2.36. The number of aromatic nitrogens is 1. The number of nitrogens with one attached hydrogen (secondary N) is 1. The molecule has 1 saturated heterocycles. The lowest BCUT2D eigenvalue weighted by atomic mass is 9.85. The van der Waals surface area contributed by atoms with E-state index in [0.717, 1.165) is 25.0 Å². The van der Waals surface area contributed by atoms with E-state index < -0.39 is 0 Å². The maximum absolute atomic E-state index is 4.85. The van der Waals surface area contributed by atoms with Crippen molar-refractivity contribution in [2.24, 2.45) is 5.92 Å². The van der Waals surface area contributed by atoms with Crippen molar-refractivity contribution in [1.29, 1.82) is 0 Å². The molecule has 0 spiro atoms. The first-order valence-corrected chi connectivity index (χ1v) is 7.82. The predicted molar refractivity (Wildman–Crippen MR) is 79.3 cm³/mol. The van der Waals surface area contributed by atoms with E-state index in [2.05, 4.69) is 35.3 Å². The zero-order valence-electron chi connectivity index (χ0n) is 11.9. The number of fused-ring (bicyclic) bond motifs is 1. The first-order valence-electron chi connectivity index (χ1n) is 7.82. The topological polar surface area (TPSA) is 28.2 Å². The summed E-state index contributed by atoms with van der Waals surface area (Å²) in [4.78, 5) is 7.42. The molecule has 104 valence electrons. The number of pyridine rings is 1. The second-order valence-corrected chi connectivity index (χ2v) is 5.86. The van der Waals surface area contributed by atoms with Gasteiger partial charge in [-0.1, -0.05) is 25.8 Å². The fourth-order valence-electron chi connectivity index (χ4n) is 3.67. The molecule has 0 aromatic carbocycles. The van der Waals surface area contributed by atoms with Crippen LogP contribution in [0.5, 0.6) is 0 Å². The summed E-state index contributed by atoms with van der Waals surface area (Å²) >= 11 is 0. The van der Waals surface area contributed by atoms with Crippen molar-refractivity contribution in [1.82, 2.24) is 10.3 Å². The van der Waals surface area contributed by atoms with Crippen LogP contribution in [-0.4, -0.2) is 24.1 Å². The van der Waals surface area contributed by atoms with E-state index in [-0.39, 0.29) is 0 Å². The minimum atomic E-state index is 0.760. The standard InChI is InChI=1S/C16H25N3/c1-2-17-12-14-7-5-9-16(18-14)19-11-10-13-6-3-4-8-15(13)19/h5,7,9,13,15,17H,2-4,6,8,10-12H2,1H3. The minimum absolute atomic E-state index is 0.760. The second-order valence-electron chi connectivity index (χ2n) is 5.86. The van der Waals surface area contributed by atoms with Crippen molar-refractivity contribution in [3.05, 3.63) is 23.9 Å². The number of rotatable bonds is 4. The Hall–Kier alpha value is -1.09. The van der Waals surface area contributed by atoms with Crippen LogP contribution in [-0.2, 0) is 6.54 Å². The van der Waals surface area contributed by atoms with Crippen LogP contribution in [0.4, 0.5) is 5.82 Å². The van der Waals surface area contributed by atoms with Crippen LogP contribution in [0.3, 0.4) is 0 Å². The van der Waals surface area contributed by atoms with E-state index in [1.807, 2.05) is 0 Å². The molecule has 0 radical (unpaired) electrons. The smallest absolute Gasteiger partial charge is 0.129 e. The summed E-state index contributed by atoms with van der Waals surface area (Å²) < 4.78 is 0. The Labute approximate surface area is 116 Å². The molecule has 1 saturated carbocycles. The molecule has 3 heteroatoms. The van der Waals surface area contributed by atoms with Crippen molar-refractivity contribution in [2.45, 2.75) is 51.6 Å². The Bertz CT molecular complexity index is 418. The van der Waals surface area contributed by atoms with Crippen molar-refractivity contribution >= 4 is 5.82 Å². The van der Waals surface area contributed by atoms with Gasteiger partial charge in [0.05, 0.1) is 5.69 Å². The van der Waals surface area contributed by atoms with Crippen molar-refractivity contribution in [3.8, 4) is 0 Å². The van der Waals surface area contributed by atoms with Gasteiger partial charge in [-0.15, -0.1) is 0 Å². The summed E-state index contributed by atoms with van der Waals surface area (Å²) in [6, 6.07) is 7.23. The van der Waals surface area contributed by atoms with Gasteiger partial charge < -0.3 is 10.2 Å². The van der Waals surface area contributed by atoms with Gasteiger partial charge in [0.15, 0.2) is 0 Å². The average molecular weight is 259 g/mol. The zero-order valence-corrected chi connectivity index (χ0v) is 11.9. The molecule has 2 aliphatic rings. The highest BCUT2D eigenvalue weighted by molar-refractivity contribution is 5.42. The molecule has 3 nitrogen and oxygen atoms in total. The predicted octanol–water partition coefficient (Wildman–Crippen LogP) is 2.96. The van der Waals surface area contributed by atoms with E-state index in [1.54, 1.807) is 0 Å². The van der Waals surface area contributed by atoms with E-state index in [4.69, 9.17) is 4.98 Å². The molecule has 0 bridgehead atoms. The zero-order chi connectivity index (χ0) is 13.1. The SMILES string of the molecule is CCNCc1cccc(N2CCC3CCCCC32)n1. The summed E-state index contributed by atoms with van der Waals surface area (Å²) in [6.45, 7) is 5.22. The van der Waals surface area contributed by atoms with Gasteiger partial charge in [0.2, 0.25) is 0 Å². The quantitative estimate of drug-likeness (QED) is 0.901. The Kier molecular flexibility index (Phi) is 4.02. The third kappa shape index (κ3) is 2.76. The normalized spacial score (nSPS) is 26.5. The lowest BCUT2D eigenvalue weighted by Gasteiger charge is -2.32. The fourth-order valence-corrected chi connectivity index (χ4v) is 3.67. The summed E-state index contributed by atoms with van der Waals surface area (Å²) in [7, 11) is 0. The van der Waals surface area contributed by atoms with E-state index in [9.17, 15) is 0 Å². The number of anilines is 1. The summed E-state index contributed by atoms with van der Waals surface area (Å²) in [5.41, 5.74) is 1.17. The van der Waals surface area contributed by atoms with Crippen LogP contribution in [0.1, 0.15) is 44.7 Å². The van der Waals surface area contributed by atoms with Crippen LogP contribution in [0.15, 0.2) is 18.2 Å². The third-order valence-electron chi connectivity index (χ3n) is 4.65. The molecule has 1 aromatic heterocycles. The van der Waals surface area contributed by atoms with Gasteiger partial charge in [-0.25, -0.2) is 4.98 Å².